The molecule has 3 aromatic rings. The van der Waals surface area contributed by atoms with Crippen LogP contribution in [-0.4, -0.2) is 11.3 Å². The van der Waals surface area contributed by atoms with Gasteiger partial charge < -0.3 is 0 Å². The van der Waals surface area contributed by atoms with Crippen molar-refractivity contribution in [2.75, 3.05) is 0 Å². The van der Waals surface area contributed by atoms with Crippen molar-refractivity contribution in [1.82, 2.24) is 0 Å². The standard InChI is InChI=1S/C31H39NP/c1-7-9-10-11-22(5)33(21(3)4)26-14-15-27-23(6)31(8-2)20-24-12-16-29-25(18-24)13-17-30(32(29)31)28(27)19-26/h12-19,21-22H,6-11,20H2,1-5H3/q+1. The molecule has 0 N–H and O–H groups in total. The maximum absolute atomic E-state index is 4.75. The predicted molar refractivity (Wildman–Crippen MR) is 146 cm³/mol. The Hall–Kier alpha value is -1.98. The van der Waals surface area contributed by atoms with Crippen LogP contribution >= 0.6 is 7.92 Å². The van der Waals surface area contributed by atoms with E-state index < -0.39 is 0 Å². The maximum Gasteiger partial charge on any atom is 0.214 e. The van der Waals surface area contributed by atoms with Gasteiger partial charge in [-0.1, -0.05) is 86.6 Å². The molecule has 3 atom stereocenters. The van der Waals surface area contributed by atoms with E-state index in [0.717, 1.165) is 18.5 Å². The molecule has 0 radical (unpaired) electrons. The summed E-state index contributed by atoms with van der Waals surface area (Å²) in [7, 11) is -0.203. The van der Waals surface area contributed by atoms with Crippen molar-refractivity contribution < 1.29 is 4.57 Å². The van der Waals surface area contributed by atoms with Crippen molar-refractivity contribution >= 4 is 29.7 Å². The Morgan fingerprint density at radius 1 is 0.970 bits per heavy atom. The van der Waals surface area contributed by atoms with Crippen molar-refractivity contribution in [2.45, 2.75) is 90.0 Å². The molecule has 3 aliphatic heterocycles. The molecule has 0 amide bonds. The van der Waals surface area contributed by atoms with Gasteiger partial charge in [-0.15, -0.1) is 0 Å². The van der Waals surface area contributed by atoms with Gasteiger partial charge in [0.15, 0.2) is 5.54 Å². The number of unbranched alkanes of at least 4 members (excludes halogenated alkanes) is 2. The van der Waals surface area contributed by atoms with Crippen LogP contribution in [0, 0.1) is 0 Å². The molecule has 6 rings (SSSR count). The molecule has 3 unspecified atom stereocenters. The van der Waals surface area contributed by atoms with Crippen molar-refractivity contribution in [3.8, 4) is 11.3 Å². The summed E-state index contributed by atoms with van der Waals surface area (Å²) in [4.78, 5) is 0. The van der Waals surface area contributed by atoms with Crippen LogP contribution in [0.3, 0.4) is 0 Å². The smallest absolute Gasteiger partial charge is 0.181 e. The lowest BCUT2D eigenvalue weighted by Gasteiger charge is -2.36. The molecule has 0 aliphatic carbocycles. The highest BCUT2D eigenvalue weighted by Gasteiger charge is 2.50. The number of rotatable bonds is 8. The zero-order chi connectivity index (χ0) is 23.3. The number of nitrogens with zero attached hydrogens (tertiary/aromatic N) is 1. The number of aromatic nitrogens is 1. The van der Waals surface area contributed by atoms with Gasteiger partial charge in [0, 0.05) is 35.9 Å². The number of fused-ring (bicyclic) bond motifs is 3. The van der Waals surface area contributed by atoms with Gasteiger partial charge in [-0.05, 0) is 52.4 Å². The zero-order valence-electron chi connectivity index (χ0n) is 21.1. The molecule has 4 bridgehead atoms. The highest BCUT2D eigenvalue weighted by molar-refractivity contribution is 7.66. The van der Waals surface area contributed by atoms with Crippen molar-refractivity contribution in [3.63, 3.8) is 0 Å². The average Bonchev–Trinajstić information content (AvgIpc) is 3.03. The number of pyridine rings is 1. The van der Waals surface area contributed by atoms with Gasteiger partial charge in [-0.3, -0.25) is 0 Å². The second-order valence-electron chi connectivity index (χ2n) is 10.6. The second-order valence-corrected chi connectivity index (χ2v) is 13.8. The van der Waals surface area contributed by atoms with Crippen LogP contribution in [0.15, 0.2) is 55.1 Å². The van der Waals surface area contributed by atoms with Crippen LogP contribution < -0.4 is 9.87 Å². The first-order valence-corrected chi connectivity index (χ1v) is 14.5. The Morgan fingerprint density at radius 2 is 1.79 bits per heavy atom. The summed E-state index contributed by atoms with van der Waals surface area (Å²) in [6.07, 6.45) is 7.46. The number of hydrogen-bond acceptors (Lipinski definition) is 0. The molecule has 0 saturated carbocycles. The molecule has 4 heterocycles. The lowest BCUT2D eigenvalue weighted by atomic mass is 9.75. The highest BCUT2D eigenvalue weighted by Crippen LogP contribution is 2.50. The first-order chi connectivity index (χ1) is 15.9. The molecule has 0 spiro atoms. The largest absolute Gasteiger partial charge is 0.214 e. The van der Waals surface area contributed by atoms with E-state index in [4.69, 9.17) is 6.58 Å². The van der Waals surface area contributed by atoms with Crippen LogP contribution in [0.1, 0.15) is 77.8 Å². The van der Waals surface area contributed by atoms with Gasteiger partial charge in [-0.25, -0.2) is 0 Å². The van der Waals surface area contributed by atoms with Crippen molar-refractivity contribution in [2.24, 2.45) is 0 Å². The van der Waals surface area contributed by atoms with E-state index in [2.05, 4.69) is 87.7 Å². The molecule has 3 aliphatic rings. The Morgan fingerprint density at radius 3 is 2.52 bits per heavy atom. The molecule has 1 aromatic heterocycles. The fraction of sp³-hybridized carbons (Fsp3) is 0.452. The average molecular weight is 457 g/mol. The first-order valence-electron chi connectivity index (χ1n) is 13.0. The van der Waals surface area contributed by atoms with Crippen LogP contribution in [0.4, 0.5) is 0 Å². The predicted octanol–water partition coefficient (Wildman–Crippen LogP) is 7.97. The van der Waals surface area contributed by atoms with E-state index in [0.29, 0.717) is 5.66 Å². The highest BCUT2D eigenvalue weighted by atomic mass is 31.1. The topological polar surface area (TPSA) is 3.88 Å². The fourth-order valence-corrected chi connectivity index (χ4v) is 9.67. The van der Waals surface area contributed by atoms with Crippen LogP contribution in [0.5, 0.6) is 0 Å². The number of benzene rings is 2. The van der Waals surface area contributed by atoms with Gasteiger partial charge in [0.1, 0.15) is 0 Å². The van der Waals surface area contributed by atoms with E-state index in [1.54, 1.807) is 5.30 Å². The van der Waals surface area contributed by atoms with E-state index in [9.17, 15) is 0 Å². The zero-order valence-corrected chi connectivity index (χ0v) is 22.0. The van der Waals surface area contributed by atoms with Gasteiger partial charge in [0.25, 0.3) is 0 Å². The molecular weight excluding hydrogens is 417 g/mol. The molecule has 1 nitrogen and oxygen atoms in total. The lowest BCUT2D eigenvalue weighted by molar-refractivity contribution is -0.716. The Balaban J connectivity index is 1.66. The maximum atomic E-state index is 4.75. The van der Waals surface area contributed by atoms with Crippen LogP contribution in [0.25, 0.3) is 27.7 Å². The van der Waals surface area contributed by atoms with Gasteiger partial charge in [-0.2, -0.15) is 4.57 Å². The summed E-state index contributed by atoms with van der Waals surface area (Å²) in [5.41, 5.74) is 9.59. The molecule has 172 valence electrons. The third kappa shape index (κ3) is 3.50. The normalized spacial score (nSPS) is 20.4. The molecular formula is C31H39NP+. The molecule has 2 aromatic carbocycles. The Kier molecular flexibility index (Phi) is 5.98. The van der Waals surface area contributed by atoms with Gasteiger partial charge >= 0.3 is 0 Å². The van der Waals surface area contributed by atoms with E-state index in [1.807, 2.05) is 0 Å². The summed E-state index contributed by atoms with van der Waals surface area (Å²) < 4.78 is 2.64. The minimum Gasteiger partial charge on any atom is -0.181 e. The Bertz CT molecular complexity index is 1220. The summed E-state index contributed by atoms with van der Waals surface area (Å²) in [5, 5.41) is 2.92. The van der Waals surface area contributed by atoms with Gasteiger partial charge in [0.05, 0.1) is 5.56 Å². The van der Waals surface area contributed by atoms with E-state index in [-0.39, 0.29) is 13.5 Å². The van der Waals surface area contributed by atoms with Crippen LogP contribution in [0.2, 0.25) is 0 Å². The Labute approximate surface area is 201 Å². The monoisotopic (exact) mass is 456 g/mol. The number of hydrogen-bond donors (Lipinski definition) is 0. The minimum absolute atomic E-state index is 0.0583. The summed E-state index contributed by atoms with van der Waals surface area (Å²) in [6.45, 7) is 16.7. The van der Waals surface area contributed by atoms with Crippen molar-refractivity contribution in [3.05, 3.63) is 66.2 Å². The number of allylic oxidation sites excluding steroid dienone is 1. The lowest BCUT2D eigenvalue weighted by Crippen LogP contribution is -2.60. The molecule has 33 heavy (non-hydrogen) atoms. The third-order valence-electron chi connectivity index (χ3n) is 8.22. The van der Waals surface area contributed by atoms with Crippen molar-refractivity contribution in [1.29, 1.82) is 0 Å². The summed E-state index contributed by atoms with van der Waals surface area (Å²) >= 11 is 0. The van der Waals surface area contributed by atoms with Crippen LogP contribution in [-0.2, 0) is 12.0 Å². The quantitative estimate of drug-likeness (QED) is 0.184. The van der Waals surface area contributed by atoms with Gasteiger partial charge in [0.2, 0.25) is 11.2 Å². The third-order valence-corrected chi connectivity index (χ3v) is 11.4. The minimum atomic E-state index is -0.203. The first kappa shape index (κ1) is 22.8. The van der Waals surface area contributed by atoms with E-state index in [1.165, 1.54) is 64.5 Å². The second kappa shape index (κ2) is 8.66. The molecule has 0 fully saturated rings. The molecule has 2 heteroatoms. The summed E-state index contributed by atoms with van der Waals surface area (Å²) in [6, 6.07) is 19.2. The van der Waals surface area contributed by atoms with E-state index >= 15 is 0 Å². The summed E-state index contributed by atoms with van der Waals surface area (Å²) in [5.74, 6) is 0. The fourth-order valence-electron chi connectivity index (χ4n) is 6.56. The SMILES string of the molecule is C=C1c2ccc(P(C(C)C)C(C)CCCCC)cc2-c2ccc3cc4ccc3[n+]2C1(CC)C4. The molecule has 0 saturated heterocycles.